The summed E-state index contributed by atoms with van der Waals surface area (Å²) in [6.45, 7) is 7.19. The van der Waals surface area contributed by atoms with Gasteiger partial charge in [-0.25, -0.2) is 13.2 Å². The number of aryl methyl sites for hydroxylation is 1. The summed E-state index contributed by atoms with van der Waals surface area (Å²) in [5.41, 5.74) is 0.651. The normalized spacial score (nSPS) is 16.6. The highest BCUT2D eigenvalue weighted by Crippen LogP contribution is 2.24. The van der Waals surface area contributed by atoms with Crippen LogP contribution in [0.1, 0.15) is 25.8 Å². The van der Waals surface area contributed by atoms with Crippen LogP contribution in [0.25, 0.3) is 0 Å². The molecule has 0 atom stereocenters. The molecule has 140 valence electrons. The molecule has 0 radical (unpaired) electrons. The summed E-state index contributed by atoms with van der Waals surface area (Å²) < 4.78 is 32.6. The Morgan fingerprint density at radius 3 is 2.52 bits per heavy atom. The standard InChI is InChI=1S/C17H27N3O4S/c1-13(2)18-17(21)19-8-5-9-20(11-10-19)25(22,23)16-7-6-15(24-4)12-14(16)3/h6-7,12-13H,5,8-11H2,1-4H3,(H,18,21). The fraction of sp³-hybridized carbons (Fsp3) is 0.588. The van der Waals surface area contributed by atoms with Crippen molar-refractivity contribution in [3.8, 4) is 5.75 Å². The molecular weight excluding hydrogens is 342 g/mol. The molecule has 1 aromatic carbocycles. The number of hydrogen-bond donors (Lipinski definition) is 1. The Morgan fingerprint density at radius 1 is 1.20 bits per heavy atom. The first-order chi connectivity index (χ1) is 11.8. The summed E-state index contributed by atoms with van der Waals surface area (Å²) in [7, 11) is -2.04. The van der Waals surface area contributed by atoms with Crippen LogP contribution in [0.2, 0.25) is 0 Å². The molecule has 25 heavy (non-hydrogen) atoms. The summed E-state index contributed by atoms with van der Waals surface area (Å²) in [5.74, 6) is 0.629. The van der Waals surface area contributed by atoms with E-state index in [1.165, 1.54) is 4.31 Å². The van der Waals surface area contributed by atoms with E-state index in [1.54, 1.807) is 37.1 Å². The van der Waals surface area contributed by atoms with Crippen molar-refractivity contribution in [3.05, 3.63) is 23.8 Å². The monoisotopic (exact) mass is 369 g/mol. The average molecular weight is 369 g/mol. The van der Waals surface area contributed by atoms with Gasteiger partial charge in [-0.15, -0.1) is 0 Å². The Morgan fingerprint density at radius 2 is 1.92 bits per heavy atom. The number of rotatable bonds is 4. The maximum atomic E-state index is 13.0. The van der Waals surface area contributed by atoms with Gasteiger partial charge in [0.15, 0.2) is 0 Å². The third kappa shape index (κ3) is 4.64. The van der Waals surface area contributed by atoms with Gasteiger partial charge in [-0.05, 0) is 51.0 Å². The van der Waals surface area contributed by atoms with E-state index in [1.807, 2.05) is 13.8 Å². The lowest BCUT2D eigenvalue weighted by Crippen LogP contribution is -2.44. The number of sulfonamides is 1. The molecule has 0 aliphatic carbocycles. The van der Waals surface area contributed by atoms with Crippen molar-refractivity contribution < 1.29 is 17.9 Å². The highest BCUT2D eigenvalue weighted by atomic mass is 32.2. The first kappa shape index (κ1) is 19.5. The SMILES string of the molecule is COc1ccc(S(=O)(=O)N2CCCN(C(=O)NC(C)C)CC2)c(C)c1. The van der Waals surface area contributed by atoms with Crippen molar-refractivity contribution in [1.82, 2.24) is 14.5 Å². The van der Waals surface area contributed by atoms with Crippen molar-refractivity contribution in [3.63, 3.8) is 0 Å². The average Bonchev–Trinajstić information content (AvgIpc) is 2.80. The number of nitrogens with zero attached hydrogens (tertiary/aromatic N) is 2. The van der Waals surface area contributed by atoms with Gasteiger partial charge in [0, 0.05) is 32.2 Å². The van der Waals surface area contributed by atoms with Crippen LogP contribution in [0.15, 0.2) is 23.1 Å². The minimum absolute atomic E-state index is 0.0533. The van der Waals surface area contributed by atoms with Crippen LogP contribution < -0.4 is 10.1 Å². The fourth-order valence-corrected chi connectivity index (χ4v) is 4.53. The second-order valence-corrected chi connectivity index (χ2v) is 8.39. The molecule has 1 fully saturated rings. The van der Waals surface area contributed by atoms with Gasteiger partial charge in [0.25, 0.3) is 0 Å². The van der Waals surface area contributed by atoms with E-state index in [9.17, 15) is 13.2 Å². The zero-order valence-corrected chi connectivity index (χ0v) is 16.1. The Hall–Kier alpha value is -1.80. The van der Waals surface area contributed by atoms with Crippen LogP contribution in [0.4, 0.5) is 4.79 Å². The van der Waals surface area contributed by atoms with Crippen LogP contribution in [0, 0.1) is 6.92 Å². The largest absolute Gasteiger partial charge is 0.497 e. The number of hydrogen-bond acceptors (Lipinski definition) is 4. The van der Waals surface area contributed by atoms with Crippen LogP contribution >= 0.6 is 0 Å². The van der Waals surface area contributed by atoms with Gasteiger partial charge in [-0.2, -0.15) is 4.31 Å². The van der Waals surface area contributed by atoms with Crippen LogP contribution in [0.5, 0.6) is 5.75 Å². The molecule has 0 saturated carbocycles. The molecule has 1 aliphatic heterocycles. The van der Waals surface area contributed by atoms with Gasteiger partial charge in [0.05, 0.1) is 12.0 Å². The van der Waals surface area contributed by atoms with Crippen LogP contribution in [-0.4, -0.2) is 63.0 Å². The minimum atomic E-state index is -3.59. The predicted octanol–water partition coefficient (Wildman–Crippen LogP) is 1.82. The Balaban J connectivity index is 2.14. The third-order valence-electron chi connectivity index (χ3n) is 4.15. The number of amides is 2. The van der Waals surface area contributed by atoms with Gasteiger partial charge < -0.3 is 15.0 Å². The number of benzene rings is 1. The number of carbonyl (C=O) groups is 1. The Kier molecular flexibility index (Phi) is 6.29. The minimum Gasteiger partial charge on any atom is -0.497 e. The quantitative estimate of drug-likeness (QED) is 0.878. The molecule has 2 amide bonds. The summed E-state index contributed by atoms with van der Waals surface area (Å²) in [6.07, 6.45) is 0.611. The van der Waals surface area contributed by atoms with E-state index in [-0.39, 0.29) is 17.0 Å². The molecule has 0 unspecified atom stereocenters. The van der Waals surface area contributed by atoms with Crippen molar-refractivity contribution >= 4 is 16.1 Å². The molecule has 1 saturated heterocycles. The highest BCUT2D eigenvalue weighted by Gasteiger charge is 2.29. The molecule has 1 heterocycles. The first-order valence-electron chi connectivity index (χ1n) is 8.46. The van der Waals surface area contributed by atoms with Crippen molar-refractivity contribution in [2.45, 2.75) is 38.1 Å². The molecule has 8 heteroatoms. The lowest BCUT2D eigenvalue weighted by Gasteiger charge is -2.23. The lowest BCUT2D eigenvalue weighted by atomic mass is 10.2. The van der Waals surface area contributed by atoms with E-state index in [0.29, 0.717) is 43.9 Å². The topological polar surface area (TPSA) is 79.0 Å². The zero-order valence-electron chi connectivity index (χ0n) is 15.3. The molecule has 1 N–H and O–H groups in total. The summed E-state index contributed by atoms with van der Waals surface area (Å²) in [6, 6.07) is 4.86. The van der Waals surface area contributed by atoms with Crippen LogP contribution in [0.3, 0.4) is 0 Å². The smallest absolute Gasteiger partial charge is 0.317 e. The Labute approximate surface area is 150 Å². The summed E-state index contributed by atoms with van der Waals surface area (Å²) in [4.78, 5) is 14.1. The Bertz CT molecular complexity index is 719. The maximum Gasteiger partial charge on any atom is 0.317 e. The van der Waals surface area contributed by atoms with Gasteiger partial charge in [0.1, 0.15) is 5.75 Å². The second-order valence-electron chi connectivity index (χ2n) is 6.48. The fourth-order valence-electron chi connectivity index (χ4n) is 2.85. The summed E-state index contributed by atoms with van der Waals surface area (Å²) >= 11 is 0. The van der Waals surface area contributed by atoms with Crippen molar-refractivity contribution in [2.24, 2.45) is 0 Å². The summed E-state index contributed by atoms with van der Waals surface area (Å²) in [5, 5.41) is 2.85. The molecule has 7 nitrogen and oxygen atoms in total. The molecule has 2 rings (SSSR count). The predicted molar refractivity (Wildman–Crippen MR) is 96.3 cm³/mol. The van der Waals surface area contributed by atoms with Crippen molar-refractivity contribution in [2.75, 3.05) is 33.3 Å². The number of nitrogens with one attached hydrogen (secondary N) is 1. The molecule has 0 aromatic heterocycles. The molecular formula is C17H27N3O4S. The van der Waals surface area contributed by atoms with E-state index in [4.69, 9.17) is 4.74 Å². The third-order valence-corrected chi connectivity index (χ3v) is 6.21. The van der Waals surface area contributed by atoms with E-state index in [2.05, 4.69) is 5.32 Å². The van der Waals surface area contributed by atoms with Crippen molar-refractivity contribution in [1.29, 1.82) is 0 Å². The van der Waals surface area contributed by atoms with Gasteiger partial charge in [-0.3, -0.25) is 0 Å². The molecule has 0 spiro atoms. The van der Waals surface area contributed by atoms with Crippen LogP contribution in [-0.2, 0) is 10.0 Å². The highest BCUT2D eigenvalue weighted by molar-refractivity contribution is 7.89. The van der Waals surface area contributed by atoms with E-state index in [0.717, 1.165) is 0 Å². The van der Waals surface area contributed by atoms with Gasteiger partial charge in [-0.1, -0.05) is 0 Å². The zero-order chi connectivity index (χ0) is 18.6. The maximum absolute atomic E-state index is 13.0. The van der Waals surface area contributed by atoms with E-state index >= 15 is 0 Å². The van der Waals surface area contributed by atoms with Gasteiger partial charge in [0.2, 0.25) is 10.0 Å². The number of urea groups is 1. The number of ether oxygens (including phenoxy) is 1. The molecule has 1 aromatic rings. The molecule has 0 bridgehead atoms. The number of carbonyl (C=O) groups excluding carboxylic acids is 1. The van der Waals surface area contributed by atoms with Gasteiger partial charge >= 0.3 is 6.03 Å². The first-order valence-corrected chi connectivity index (χ1v) is 9.90. The number of methoxy groups -OCH3 is 1. The second kappa shape index (κ2) is 8.05. The van der Waals surface area contributed by atoms with E-state index < -0.39 is 10.0 Å². The molecule has 1 aliphatic rings. The lowest BCUT2D eigenvalue weighted by molar-refractivity contribution is 0.198.